The van der Waals surface area contributed by atoms with Crippen molar-refractivity contribution < 1.29 is 9.59 Å². The zero-order valence-electron chi connectivity index (χ0n) is 15.2. The summed E-state index contributed by atoms with van der Waals surface area (Å²) in [5.41, 5.74) is 8.07. The molecule has 0 saturated carbocycles. The highest BCUT2D eigenvalue weighted by atomic mass is 16.2. The number of nitrogens with zero attached hydrogens (tertiary/aromatic N) is 4. The summed E-state index contributed by atoms with van der Waals surface area (Å²) in [5, 5.41) is 4.24. The number of aromatic nitrogens is 2. The summed E-state index contributed by atoms with van der Waals surface area (Å²) in [6, 6.07) is 8.09. The SMILES string of the molecule is CC(=O)N1CCC2(C1)CN(n1c3ccccc3c3cncc(C(N)=O)c31)C2. The van der Waals surface area contributed by atoms with Gasteiger partial charge in [-0.05, 0) is 12.5 Å². The maximum absolute atomic E-state index is 12.0. The Kier molecular flexibility index (Phi) is 3.25. The number of carbonyl (C=O) groups excluding carboxylic acids is 2. The van der Waals surface area contributed by atoms with Gasteiger partial charge < -0.3 is 15.6 Å². The van der Waals surface area contributed by atoms with Gasteiger partial charge in [-0.15, -0.1) is 0 Å². The molecule has 7 heteroatoms. The predicted octanol–water partition coefficient (Wildman–Crippen LogP) is 1.48. The lowest BCUT2D eigenvalue weighted by Crippen LogP contribution is -2.62. The average Bonchev–Trinajstić information content (AvgIpc) is 3.20. The van der Waals surface area contributed by atoms with Gasteiger partial charge in [-0.3, -0.25) is 19.2 Å². The van der Waals surface area contributed by atoms with E-state index in [1.165, 1.54) is 0 Å². The fourth-order valence-corrected chi connectivity index (χ4v) is 4.69. The lowest BCUT2D eigenvalue weighted by molar-refractivity contribution is -0.128. The number of primary amides is 1. The minimum atomic E-state index is -0.476. The minimum absolute atomic E-state index is 0.142. The molecule has 2 fully saturated rings. The van der Waals surface area contributed by atoms with Crippen molar-refractivity contribution in [3.05, 3.63) is 42.2 Å². The second-order valence-electron chi connectivity index (χ2n) is 7.79. The molecular weight excluding hydrogens is 342 g/mol. The third-order valence-corrected chi connectivity index (χ3v) is 6.02. The number of hydrogen-bond acceptors (Lipinski definition) is 4. The van der Waals surface area contributed by atoms with Gasteiger partial charge in [0.05, 0.1) is 16.6 Å². The number of likely N-dealkylation sites (tertiary alicyclic amines) is 1. The highest BCUT2D eigenvalue weighted by Gasteiger charge is 2.49. The fourth-order valence-electron chi connectivity index (χ4n) is 4.69. The van der Waals surface area contributed by atoms with E-state index in [-0.39, 0.29) is 11.3 Å². The molecule has 0 atom stereocenters. The molecule has 4 heterocycles. The van der Waals surface area contributed by atoms with Crippen LogP contribution in [0.2, 0.25) is 0 Å². The van der Waals surface area contributed by atoms with Gasteiger partial charge >= 0.3 is 0 Å². The molecule has 7 nitrogen and oxygen atoms in total. The molecule has 2 aromatic heterocycles. The van der Waals surface area contributed by atoms with Crippen LogP contribution >= 0.6 is 0 Å². The van der Waals surface area contributed by atoms with E-state index in [2.05, 4.69) is 20.7 Å². The molecule has 2 aliphatic rings. The molecule has 3 aromatic rings. The van der Waals surface area contributed by atoms with Crippen molar-refractivity contribution in [2.75, 3.05) is 31.2 Å². The smallest absolute Gasteiger partial charge is 0.252 e. The Labute approximate surface area is 156 Å². The monoisotopic (exact) mass is 363 g/mol. The van der Waals surface area contributed by atoms with Gasteiger partial charge in [0.2, 0.25) is 5.91 Å². The number of amides is 2. The number of benzene rings is 1. The zero-order chi connectivity index (χ0) is 18.8. The second-order valence-corrected chi connectivity index (χ2v) is 7.79. The maximum atomic E-state index is 12.0. The van der Waals surface area contributed by atoms with Crippen molar-refractivity contribution in [1.29, 1.82) is 0 Å². The van der Waals surface area contributed by atoms with Crippen LogP contribution in [0.3, 0.4) is 0 Å². The Hall–Kier alpha value is -3.09. The van der Waals surface area contributed by atoms with Crippen molar-refractivity contribution in [3.63, 3.8) is 0 Å². The van der Waals surface area contributed by atoms with Crippen LogP contribution in [-0.2, 0) is 4.79 Å². The molecule has 0 radical (unpaired) electrons. The summed E-state index contributed by atoms with van der Waals surface area (Å²) in [4.78, 5) is 29.9. The van der Waals surface area contributed by atoms with E-state index in [4.69, 9.17) is 5.73 Å². The average molecular weight is 363 g/mol. The van der Waals surface area contributed by atoms with Crippen molar-refractivity contribution in [2.24, 2.45) is 11.1 Å². The number of carbonyl (C=O) groups is 2. The van der Waals surface area contributed by atoms with E-state index in [0.717, 1.165) is 54.4 Å². The number of hydrogen-bond donors (Lipinski definition) is 1. The van der Waals surface area contributed by atoms with Crippen molar-refractivity contribution in [2.45, 2.75) is 13.3 Å². The molecule has 2 N–H and O–H groups in total. The standard InChI is InChI=1S/C20H21N5O2/c1-13(26)23-7-6-20(10-23)11-24(12-20)25-17-5-3-2-4-14(17)15-8-22-9-16(18(15)25)19(21)27/h2-5,8-9H,6-7,10-12H2,1H3,(H2,21,27). The zero-order valence-corrected chi connectivity index (χ0v) is 15.2. The van der Waals surface area contributed by atoms with Crippen LogP contribution in [-0.4, -0.2) is 52.6 Å². The Balaban J connectivity index is 1.61. The quantitative estimate of drug-likeness (QED) is 0.747. The summed E-state index contributed by atoms with van der Waals surface area (Å²) in [5.74, 6) is -0.333. The molecule has 0 unspecified atom stereocenters. The second kappa shape index (κ2) is 5.45. The van der Waals surface area contributed by atoms with Gasteiger partial charge in [-0.25, -0.2) is 0 Å². The molecule has 0 aliphatic carbocycles. The third-order valence-electron chi connectivity index (χ3n) is 6.02. The molecule has 2 saturated heterocycles. The Morgan fingerprint density at radius 1 is 1.11 bits per heavy atom. The lowest BCUT2D eigenvalue weighted by atomic mass is 9.80. The van der Waals surface area contributed by atoms with Gasteiger partial charge in [0.15, 0.2) is 0 Å². The molecule has 27 heavy (non-hydrogen) atoms. The highest BCUT2D eigenvalue weighted by molar-refractivity contribution is 6.15. The van der Waals surface area contributed by atoms with Gasteiger partial charge in [0, 0.05) is 61.7 Å². The number of rotatable bonds is 2. The molecule has 1 spiro atoms. The van der Waals surface area contributed by atoms with E-state index >= 15 is 0 Å². The molecule has 138 valence electrons. The lowest BCUT2D eigenvalue weighted by Gasteiger charge is -2.50. The summed E-state index contributed by atoms with van der Waals surface area (Å²) in [6.45, 7) is 4.97. The number of fused-ring (bicyclic) bond motifs is 3. The molecule has 1 aromatic carbocycles. The predicted molar refractivity (Wildman–Crippen MR) is 103 cm³/mol. The van der Waals surface area contributed by atoms with Gasteiger partial charge in [-0.1, -0.05) is 18.2 Å². The highest BCUT2D eigenvalue weighted by Crippen LogP contribution is 2.41. The van der Waals surface area contributed by atoms with E-state index in [1.54, 1.807) is 19.3 Å². The topological polar surface area (TPSA) is 84.5 Å². The first-order valence-corrected chi connectivity index (χ1v) is 9.17. The Morgan fingerprint density at radius 3 is 2.59 bits per heavy atom. The van der Waals surface area contributed by atoms with Gasteiger partial charge in [-0.2, -0.15) is 0 Å². The van der Waals surface area contributed by atoms with E-state index in [1.807, 2.05) is 23.1 Å². The molecule has 2 amide bonds. The van der Waals surface area contributed by atoms with Crippen LogP contribution in [0.15, 0.2) is 36.7 Å². The Morgan fingerprint density at radius 2 is 1.89 bits per heavy atom. The van der Waals surface area contributed by atoms with Crippen LogP contribution in [0.1, 0.15) is 23.7 Å². The largest absolute Gasteiger partial charge is 0.365 e. The van der Waals surface area contributed by atoms with Crippen LogP contribution in [0.5, 0.6) is 0 Å². The van der Waals surface area contributed by atoms with Crippen molar-refractivity contribution >= 4 is 33.6 Å². The van der Waals surface area contributed by atoms with E-state index in [9.17, 15) is 9.59 Å². The minimum Gasteiger partial charge on any atom is -0.365 e. The molecule has 0 bridgehead atoms. The first kappa shape index (κ1) is 16.1. The summed E-state index contributed by atoms with van der Waals surface area (Å²) in [6.07, 6.45) is 4.36. The van der Waals surface area contributed by atoms with Gasteiger partial charge in [0.1, 0.15) is 0 Å². The maximum Gasteiger partial charge on any atom is 0.252 e. The number of pyridine rings is 1. The number of para-hydroxylation sites is 1. The van der Waals surface area contributed by atoms with E-state index < -0.39 is 5.91 Å². The number of nitrogens with two attached hydrogens (primary N) is 1. The van der Waals surface area contributed by atoms with E-state index in [0.29, 0.717) is 5.56 Å². The third kappa shape index (κ3) is 2.24. The summed E-state index contributed by atoms with van der Waals surface area (Å²) >= 11 is 0. The molecule has 2 aliphatic heterocycles. The molecular formula is C20H21N5O2. The van der Waals surface area contributed by atoms with Crippen molar-refractivity contribution in [1.82, 2.24) is 14.6 Å². The van der Waals surface area contributed by atoms with Crippen LogP contribution in [0.25, 0.3) is 21.8 Å². The first-order valence-electron chi connectivity index (χ1n) is 9.17. The fraction of sp³-hybridized carbons (Fsp3) is 0.350. The van der Waals surface area contributed by atoms with Gasteiger partial charge in [0.25, 0.3) is 5.91 Å². The molecule has 5 rings (SSSR count). The summed E-state index contributed by atoms with van der Waals surface area (Å²) < 4.78 is 2.12. The van der Waals surface area contributed by atoms with Crippen LogP contribution in [0.4, 0.5) is 0 Å². The normalized spacial score (nSPS) is 18.4. The van der Waals surface area contributed by atoms with Crippen LogP contribution in [0, 0.1) is 5.41 Å². The summed E-state index contributed by atoms with van der Waals surface area (Å²) in [7, 11) is 0. The first-order chi connectivity index (χ1) is 13.0. The van der Waals surface area contributed by atoms with Crippen LogP contribution < -0.4 is 10.7 Å². The van der Waals surface area contributed by atoms with Crippen molar-refractivity contribution in [3.8, 4) is 0 Å². The Bertz CT molecular complexity index is 1100.